The minimum atomic E-state index is -0.839. The molecule has 1 aliphatic heterocycles. The zero-order valence-electron chi connectivity index (χ0n) is 15.0. The number of rotatable bonds is 16. The first-order valence-corrected chi connectivity index (χ1v) is 9.79. The van der Waals surface area contributed by atoms with Crippen LogP contribution in [0.3, 0.4) is 0 Å². The second kappa shape index (κ2) is 13.6. The van der Waals surface area contributed by atoms with Crippen molar-refractivity contribution in [3.05, 3.63) is 12.2 Å². The van der Waals surface area contributed by atoms with Gasteiger partial charge < -0.3 is 9.84 Å². The Hall–Kier alpha value is -0.830. The maximum absolute atomic E-state index is 10.3. The predicted octanol–water partition coefficient (Wildman–Crippen LogP) is 5.88. The number of carboxylic acid groups (broad SMARTS) is 1. The summed E-state index contributed by atoms with van der Waals surface area (Å²) in [5.41, 5.74) is 0. The summed E-state index contributed by atoms with van der Waals surface area (Å²) in [6.07, 6.45) is 21.9. The Morgan fingerprint density at radius 2 is 1.39 bits per heavy atom. The number of hydrogen-bond donors (Lipinski definition) is 1. The molecule has 0 aromatic carbocycles. The molecule has 0 bridgehead atoms. The second-order valence-electron chi connectivity index (χ2n) is 6.86. The molecule has 0 spiro atoms. The molecule has 0 aromatic heterocycles. The van der Waals surface area contributed by atoms with Gasteiger partial charge in [0.15, 0.2) is 0 Å². The predicted molar refractivity (Wildman–Crippen MR) is 95.7 cm³/mol. The lowest BCUT2D eigenvalue weighted by atomic mass is 10.0. The Labute approximate surface area is 142 Å². The Balaban J connectivity index is 1.73. The number of aliphatic carboxylic acids is 1. The van der Waals surface area contributed by atoms with Crippen molar-refractivity contribution in [2.45, 2.75) is 109 Å². The Bertz CT molecular complexity index is 325. The molecule has 1 rings (SSSR count). The number of carbonyl (C=O) groups is 1. The normalized spacial score (nSPS) is 20.2. The maximum Gasteiger partial charge on any atom is 0.327 e. The first-order valence-electron chi connectivity index (χ1n) is 9.79. The largest absolute Gasteiger partial charge is 0.478 e. The van der Waals surface area contributed by atoms with Crippen molar-refractivity contribution < 1.29 is 14.6 Å². The van der Waals surface area contributed by atoms with Gasteiger partial charge in [-0.15, -0.1) is 0 Å². The number of epoxide rings is 1. The molecule has 0 saturated carbocycles. The van der Waals surface area contributed by atoms with Crippen LogP contribution in [0, 0.1) is 0 Å². The lowest BCUT2D eigenvalue weighted by Crippen LogP contribution is -1.94. The van der Waals surface area contributed by atoms with Crippen LogP contribution in [-0.2, 0) is 9.53 Å². The molecule has 2 atom stereocenters. The van der Waals surface area contributed by atoms with E-state index in [1.54, 1.807) is 6.08 Å². The summed E-state index contributed by atoms with van der Waals surface area (Å²) in [4.78, 5) is 10.3. The molecule has 0 aromatic rings. The van der Waals surface area contributed by atoms with E-state index in [-0.39, 0.29) is 0 Å². The number of allylic oxidation sites excluding steroid dienone is 1. The van der Waals surface area contributed by atoms with E-state index in [0.29, 0.717) is 12.2 Å². The lowest BCUT2D eigenvalue weighted by Gasteiger charge is -2.01. The highest BCUT2D eigenvalue weighted by molar-refractivity contribution is 5.79. The van der Waals surface area contributed by atoms with E-state index in [1.165, 1.54) is 83.1 Å². The Morgan fingerprint density at radius 1 is 0.870 bits per heavy atom. The van der Waals surface area contributed by atoms with Gasteiger partial charge in [0.05, 0.1) is 12.2 Å². The van der Waals surface area contributed by atoms with Crippen molar-refractivity contribution in [1.29, 1.82) is 0 Å². The summed E-state index contributed by atoms with van der Waals surface area (Å²) in [5.74, 6) is -0.839. The standard InChI is InChI=1S/C20H36O3/c1-2-3-12-15-18-19(23-18)16-13-10-8-6-4-5-7-9-11-14-17-20(21)22/h14,17-19H,2-13,15-16H2,1H3,(H,21,22)/t18-,19+/m1/s1. The fourth-order valence-corrected chi connectivity index (χ4v) is 3.14. The summed E-state index contributed by atoms with van der Waals surface area (Å²) in [5, 5.41) is 8.46. The lowest BCUT2D eigenvalue weighted by molar-refractivity contribution is -0.131. The van der Waals surface area contributed by atoms with E-state index in [1.807, 2.05) is 0 Å². The fourth-order valence-electron chi connectivity index (χ4n) is 3.14. The molecule has 0 aliphatic carbocycles. The van der Waals surface area contributed by atoms with Crippen molar-refractivity contribution in [1.82, 2.24) is 0 Å². The summed E-state index contributed by atoms with van der Waals surface area (Å²) in [6.45, 7) is 2.25. The zero-order valence-corrected chi connectivity index (χ0v) is 15.0. The van der Waals surface area contributed by atoms with Gasteiger partial charge in [-0.05, 0) is 25.7 Å². The van der Waals surface area contributed by atoms with Crippen LogP contribution in [-0.4, -0.2) is 23.3 Å². The van der Waals surface area contributed by atoms with Crippen LogP contribution in [0.5, 0.6) is 0 Å². The van der Waals surface area contributed by atoms with Gasteiger partial charge in [0, 0.05) is 6.08 Å². The molecule has 23 heavy (non-hydrogen) atoms. The fraction of sp³-hybridized carbons (Fsp3) is 0.850. The van der Waals surface area contributed by atoms with Crippen molar-refractivity contribution in [3.63, 3.8) is 0 Å². The van der Waals surface area contributed by atoms with Gasteiger partial charge >= 0.3 is 5.97 Å². The molecular weight excluding hydrogens is 288 g/mol. The minimum absolute atomic E-state index is 0.589. The van der Waals surface area contributed by atoms with Crippen molar-refractivity contribution in [2.24, 2.45) is 0 Å². The van der Waals surface area contributed by atoms with Gasteiger partial charge in [-0.25, -0.2) is 4.79 Å². The van der Waals surface area contributed by atoms with Gasteiger partial charge in [-0.2, -0.15) is 0 Å². The summed E-state index contributed by atoms with van der Waals surface area (Å²) in [6, 6.07) is 0. The number of ether oxygens (including phenoxy) is 1. The SMILES string of the molecule is CCCCC[C@H]1O[C@H]1CCCCCCCCCCC=CC(=O)O. The second-order valence-corrected chi connectivity index (χ2v) is 6.86. The third-order valence-electron chi connectivity index (χ3n) is 4.65. The van der Waals surface area contributed by atoms with E-state index in [0.717, 1.165) is 12.8 Å². The molecule has 1 heterocycles. The van der Waals surface area contributed by atoms with Crippen molar-refractivity contribution in [3.8, 4) is 0 Å². The summed E-state index contributed by atoms with van der Waals surface area (Å²) >= 11 is 0. The zero-order chi connectivity index (χ0) is 16.8. The topological polar surface area (TPSA) is 49.8 Å². The van der Waals surface area contributed by atoms with E-state index in [9.17, 15) is 4.79 Å². The molecule has 3 nitrogen and oxygen atoms in total. The van der Waals surface area contributed by atoms with E-state index >= 15 is 0 Å². The first-order chi connectivity index (χ1) is 11.2. The molecule has 0 unspecified atom stereocenters. The molecule has 1 fully saturated rings. The number of carboxylic acids is 1. The molecule has 0 amide bonds. The molecule has 1 saturated heterocycles. The highest BCUT2D eigenvalue weighted by atomic mass is 16.6. The molecular formula is C20H36O3. The molecule has 1 N–H and O–H groups in total. The van der Waals surface area contributed by atoms with Gasteiger partial charge in [-0.3, -0.25) is 0 Å². The van der Waals surface area contributed by atoms with Crippen LogP contribution in [0.15, 0.2) is 12.2 Å². The molecule has 1 aliphatic rings. The Kier molecular flexibility index (Phi) is 11.9. The summed E-state index contributed by atoms with van der Waals surface area (Å²) < 4.78 is 5.73. The van der Waals surface area contributed by atoms with E-state index in [4.69, 9.17) is 9.84 Å². The monoisotopic (exact) mass is 324 g/mol. The number of hydrogen-bond acceptors (Lipinski definition) is 2. The van der Waals surface area contributed by atoms with Crippen LogP contribution in [0.4, 0.5) is 0 Å². The minimum Gasteiger partial charge on any atom is -0.478 e. The number of unbranched alkanes of at least 4 members (excludes halogenated alkanes) is 10. The first kappa shape index (κ1) is 20.2. The Morgan fingerprint density at radius 3 is 1.96 bits per heavy atom. The van der Waals surface area contributed by atoms with Crippen LogP contribution in [0.1, 0.15) is 96.8 Å². The van der Waals surface area contributed by atoms with Crippen molar-refractivity contribution >= 4 is 5.97 Å². The van der Waals surface area contributed by atoms with Crippen LogP contribution in [0.25, 0.3) is 0 Å². The van der Waals surface area contributed by atoms with Crippen LogP contribution < -0.4 is 0 Å². The van der Waals surface area contributed by atoms with Crippen LogP contribution in [0.2, 0.25) is 0 Å². The van der Waals surface area contributed by atoms with Crippen LogP contribution >= 0.6 is 0 Å². The van der Waals surface area contributed by atoms with Gasteiger partial charge in [-0.1, -0.05) is 77.2 Å². The van der Waals surface area contributed by atoms with Gasteiger partial charge in [0.2, 0.25) is 0 Å². The molecule has 0 radical (unpaired) electrons. The third kappa shape index (κ3) is 12.3. The quantitative estimate of drug-likeness (QED) is 0.219. The van der Waals surface area contributed by atoms with Gasteiger partial charge in [0.25, 0.3) is 0 Å². The highest BCUT2D eigenvalue weighted by Crippen LogP contribution is 2.31. The summed E-state index contributed by atoms with van der Waals surface area (Å²) in [7, 11) is 0. The van der Waals surface area contributed by atoms with Crippen molar-refractivity contribution in [2.75, 3.05) is 0 Å². The third-order valence-corrected chi connectivity index (χ3v) is 4.65. The van der Waals surface area contributed by atoms with E-state index < -0.39 is 5.97 Å². The highest BCUT2D eigenvalue weighted by Gasteiger charge is 2.36. The average Bonchev–Trinajstić information content (AvgIpc) is 3.27. The van der Waals surface area contributed by atoms with Gasteiger partial charge in [0.1, 0.15) is 0 Å². The average molecular weight is 325 g/mol. The smallest absolute Gasteiger partial charge is 0.327 e. The molecule has 3 heteroatoms. The molecule has 134 valence electrons. The van der Waals surface area contributed by atoms with E-state index in [2.05, 4.69) is 6.92 Å². The maximum atomic E-state index is 10.3.